The van der Waals surface area contributed by atoms with Gasteiger partial charge in [-0.15, -0.1) is 0 Å². The summed E-state index contributed by atoms with van der Waals surface area (Å²) in [5, 5.41) is 0.387. The van der Waals surface area contributed by atoms with Crippen LogP contribution in [0, 0.1) is 5.92 Å². The van der Waals surface area contributed by atoms with E-state index in [9.17, 15) is 13.2 Å². The third-order valence-corrected chi connectivity index (χ3v) is 5.64. The number of benzene rings is 1. The van der Waals surface area contributed by atoms with Crippen molar-refractivity contribution in [3.63, 3.8) is 0 Å². The Balaban J connectivity index is 2.06. The zero-order valence-corrected chi connectivity index (χ0v) is 13.4. The first-order valence-corrected chi connectivity index (χ1v) is 8.69. The Hall–Kier alpha value is -1.11. The van der Waals surface area contributed by atoms with Crippen LogP contribution >= 0.6 is 11.6 Å². The summed E-state index contributed by atoms with van der Waals surface area (Å²) in [6.07, 6.45) is 0.970. The molecular weight excluding hydrogens is 314 g/mol. The maximum atomic E-state index is 12.5. The lowest BCUT2D eigenvalue weighted by molar-refractivity contribution is -0.149. The summed E-state index contributed by atoms with van der Waals surface area (Å²) >= 11 is 5.85. The van der Waals surface area contributed by atoms with Gasteiger partial charge in [-0.1, -0.05) is 17.7 Å². The van der Waals surface area contributed by atoms with Crippen LogP contribution in [0.5, 0.6) is 0 Å². The number of piperidine rings is 1. The van der Waals surface area contributed by atoms with Crippen molar-refractivity contribution in [1.29, 1.82) is 0 Å². The van der Waals surface area contributed by atoms with Crippen LogP contribution in [0.15, 0.2) is 29.2 Å². The van der Waals surface area contributed by atoms with E-state index in [1.54, 1.807) is 19.1 Å². The lowest BCUT2D eigenvalue weighted by Crippen LogP contribution is -2.40. The van der Waals surface area contributed by atoms with E-state index < -0.39 is 10.0 Å². The largest absolute Gasteiger partial charge is 0.466 e. The average Bonchev–Trinajstić information content (AvgIpc) is 2.47. The van der Waals surface area contributed by atoms with Crippen LogP contribution in [0.3, 0.4) is 0 Å². The number of halogens is 1. The first kappa shape index (κ1) is 16.3. The van der Waals surface area contributed by atoms with Crippen molar-refractivity contribution in [3.05, 3.63) is 29.3 Å². The van der Waals surface area contributed by atoms with Crippen molar-refractivity contribution in [1.82, 2.24) is 4.31 Å². The van der Waals surface area contributed by atoms with Gasteiger partial charge in [-0.3, -0.25) is 4.79 Å². The lowest BCUT2D eigenvalue weighted by atomic mass is 9.98. The van der Waals surface area contributed by atoms with E-state index in [-0.39, 0.29) is 16.8 Å². The van der Waals surface area contributed by atoms with Crippen molar-refractivity contribution >= 4 is 27.6 Å². The highest BCUT2D eigenvalue weighted by Crippen LogP contribution is 2.25. The molecule has 1 aliphatic rings. The van der Waals surface area contributed by atoms with Crippen LogP contribution in [0.1, 0.15) is 19.8 Å². The molecule has 1 saturated heterocycles. The number of ether oxygens (including phenoxy) is 1. The number of esters is 1. The van der Waals surface area contributed by atoms with Crippen molar-refractivity contribution in [2.24, 2.45) is 5.92 Å². The lowest BCUT2D eigenvalue weighted by Gasteiger charge is -2.30. The van der Waals surface area contributed by atoms with Gasteiger partial charge in [0.15, 0.2) is 0 Å². The second-order valence-corrected chi connectivity index (χ2v) is 7.26. The second kappa shape index (κ2) is 6.77. The standard InChI is InChI=1S/C14H18ClNO4S/c1-2-20-14(17)11-6-8-16(9-7-11)21(18,19)13-5-3-4-12(15)10-13/h3-5,10-11H,2,6-9H2,1H3. The van der Waals surface area contributed by atoms with E-state index in [0.29, 0.717) is 37.6 Å². The fourth-order valence-electron chi connectivity index (χ4n) is 2.37. The first-order valence-electron chi connectivity index (χ1n) is 6.87. The van der Waals surface area contributed by atoms with Crippen LogP contribution < -0.4 is 0 Å². The molecule has 0 aliphatic carbocycles. The molecule has 1 aliphatic heterocycles. The predicted octanol–water partition coefficient (Wildman–Crippen LogP) is 2.30. The third kappa shape index (κ3) is 3.75. The molecule has 1 heterocycles. The van der Waals surface area contributed by atoms with E-state index in [4.69, 9.17) is 16.3 Å². The normalized spacial score (nSPS) is 17.6. The van der Waals surface area contributed by atoms with Crippen LogP contribution in [-0.4, -0.2) is 38.4 Å². The van der Waals surface area contributed by atoms with Gasteiger partial charge < -0.3 is 4.74 Å². The molecule has 0 saturated carbocycles. The van der Waals surface area contributed by atoms with E-state index in [2.05, 4.69) is 0 Å². The quantitative estimate of drug-likeness (QED) is 0.794. The first-order chi connectivity index (χ1) is 9.95. The molecule has 0 atom stereocenters. The van der Waals surface area contributed by atoms with Crippen LogP contribution in [0.2, 0.25) is 5.02 Å². The second-order valence-electron chi connectivity index (χ2n) is 4.89. The number of sulfonamides is 1. The number of carbonyl (C=O) groups excluding carboxylic acids is 1. The summed E-state index contributed by atoms with van der Waals surface area (Å²) in [7, 11) is -3.55. The molecule has 1 aromatic rings. The van der Waals surface area contributed by atoms with Gasteiger partial charge in [-0.05, 0) is 38.0 Å². The monoisotopic (exact) mass is 331 g/mol. The van der Waals surface area contributed by atoms with Crippen molar-refractivity contribution < 1.29 is 17.9 Å². The van der Waals surface area contributed by atoms with Gasteiger partial charge in [-0.25, -0.2) is 8.42 Å². The van der Waals surface area contributed by atoms with Crippen molar-refractivity contribution in [2.45, 2.75) is 24.7 Å². The Kier molecular flexibility index (Phi) is 5.24. The maximum Gasteiger partial charge on any atom is 0.309 e. The number of hydrogen-bond donors (Lipinski definition) is 0. The Labute approximate surface area is 129 Å². The summed E-state index contributed by atoms with van der Waals surface area (Å²) in [6.45, 7) is 2.74. The molecule has 0 N–H and O–H groups in total. The zero-order valence-electron chi connectivity index (χ0n) is 11.8. The molecule has 116 valence electrons. The Morgan fingerprint density at radius 2 is 2.05 bits per heavy atom. The minimum absolute atomic E-state index is 0.185. The Morgan fingerprint density at radius 3 is 2.62 bits per heavy atom. The van der Waals surface area contributed by atoms with Crippen molar-refractivity contribution in [3.8, 4) is 0 Å². The summed E-state index contributed by atoms with van der Waals surface area (Å²) in [6, 6.07) is 6.21. The molecule has 1 fully saturated rings. The summed E-state index contributed by atoms with van der Waals surface area (Å²) < 4.78 is 31.4. The minimum Gasteiger partial charge on any atom is -0.466 e. The van der Waals surface area contributed by atoms with Gasteiger partial charge in [-0.2, -0.15) is 4.31 Å². The highest BCUT2D eigenvalue weighted by atomic mass is 35.5. The zero-order chi connectivity index (χ0) is 15.5. The topological polar surface area (TPSA) is 63.7 Å². The fourth-order valence-corrected chi connectivity index (χ4v) is 4.14. The van der Waals surface area contributed by atoms with E-state index >= 15 is 0 Å². The molecule has 1 aromatic carbocycles. The van der Waals surface area contributed by atoms with Gasteiger partial charge in [0.2, 0.25) is 10.0 Å². The molecule has 21 heavy (non-hydrogen) atoms. The van der Waals surface area contributed by atoms with Crippen LogP contribution in [-0.2, 0) is 19.6 Å². The van der Waals surface area contributed by atoms with E-state index in [0.717, 1.165) is 0 Å². The predicted molar refractivity (Wildman–Crippen MR) is 79.6 cm³/mol. The third-order valence-electron chi connectivity index (χ3n) is 3.51. The average molecular weight is 332 g/mol. The summed E-state index contributed by atoms with van der Waals surface area (Å²) in [4.78, 5) is 11.8. The van der Waals surface area contributed by atoms with E-state index in [1.165, 1.54) is 16.4 Å². The van der Waals surface area contributed by atoms with Gasteiger partial charge in [0, 0.05) is 18.1 Å². The number of carbonyl (C=O) groups is 1. The SMILES string of the molecule is CCOC(=O)C1CCN(S(=O)(=O)c2cccc(Cl)c2)CC1. The molecule has 0 bridgehead atoms. The molecule has 2 rings (SSSR count). The van der Waals surface area contributed by atoms with Gasteiger partial charge >= 0.3 is 5.97 Å². The molecule has 0 spiro atoms. The summed E-state index contributed by atoms with van der Waals surface area (Å²) in [5.41, 5.74) is 0. The van der Waals surface area contributed by atoms with E-state index in [1.807, 2.05) is 0 Å². The molecule has 5 nitrogen and oxygen atoms in total. The molecule has 0 aromatic heterocycles. The van der Waals surface area contributed by atoms with Gasteiger partial charge in [0.25, 0.3) is 0 Å². The molecule has 0 amide bonds. The Morgan fingerprint density at radius 1 is 1.38 bits per heavy atom. The molecular formula is C14H18ClNO4S. The maximum absolute atomic E-state index is 12.5. The van der Waals surface area contributed by atoms with Crippen molar-refractivity contribution in [2.75, 3.05) is 19.7 Å². The fraction of sp³-hybridized carbons (Fsp3) is 0.500. The minimum atomic E-state index is -3.55. The number of rotatable bonds is 4. The Bertz CT molecular complexity index is 609. The molecule has 7 heteroatoms. The highest BCUT2D eigenvalue weighted by Gasteiger charge is 2.32. The number of nitrogens with zero attached hydrogens (tertiary/aromatic N) is 1. The molecule has 0 radical (unpaired) electrons. The highest BCUT2D eigenvalue weighted by molar-refractivity contribution is 7.89. The van der Waals surface area contributed by atoms with Gasteiger partial charge in [0.05, 0.1) is 17.4 Å². The van der Waals surface area contributed by atoms with Crippen LogP contribution in [0.25, 0.3) is 0 Å². The van der Waals surface area contributed by atoms with Gasteiger partial charge in [0.1, 0.15) is 0 Å². The smallest absolute Gasteiger partial charge is 0.309 e. The van der Waals surface area contributed by atoms with Crippen LogP contribution in [0.4, 0.5) is 0 Å². The summed E-state index contributed by atoms with van der Waals surface area (Å²) in [5.74, 6) is -0.451. The molecule has 0 unspecified atom stereocenters. The number of hydrogen-bond acceptors (Lipinski definition) is 4.